The fourth-order valence-corrected chi connectivity index (χ4v) is 2.09. The number of hydrogen-bond acceptors (Lipinski definition) is 3. The summed E-state index contributed by atoms with van der Waals surface area (Å²) in [6.07, 6.45) is 4.29. The highest BCUT2D eigenvalue weighted by Gasteiger charge is 2.21. The van der Waals surface area contributed by atoms with Crippen LogP contribution >= 0.6 is 0 Å². The molecule has 1 aromatic carbocycles. The quantitative estimate of drug-likeness (QED) is 0.892. The third-order valence-corrected chi connectivity index (χ3v) is 3.22. The lowest BCUT2D eigenvalue weighted by Crippen LogP contribution is -2.05. The van der Waals surface area contributed by atoms with E-state index in [9.17, 15) is 0 Å². The standard InChI is InChI=1S/C15H17N3/c1-10-3-6-13(11(2)9-10)14-7-8-16-15(18-14)17-12-4-5-12/h3,6-9,12H,4-5H2,1-2H3,(H,16,17,18). The Morgan fingerprint density at radius 2 is 2.00 bits per heavy atom. The molecule has 1 fully saturated rings. The first-order valence-electron chi connectivity index (χ1n) is 6.39. The van der Waals surface area contributed by atoms with Crippen molar-refractivity contribution in [2.45, 2.75) is 32.7 Å². The molecule has 1 aliphatic rings. The van der Waals surface area contributed by atoms with E-state index in [0.717, 1.165) is 11.6 Å². The minimum absolute atomic E-state index is 0.583. The SMILES string of the molecule is Cc1ccc(-c2ccnc(NC3CC3)n2)c(C)c1. The Hall–Kier alpha value is -1.90. The summed E-state index contributed by atoms with van der Waals surface area (Å²) >= 11 is 0. The minimum Gasteiger partial charge on any atom is -0.351 e. The molecule has 0 unspecified atom stereocenters. The molecule has 92 valence electrons. The van der Waals surface area contributed by atoms with Gasteiger partial charge in [0.2, 0.25) is 5.95 Å². The molecule has 1 saturated carbocycles. The fraction of sp³-hybridized carbons (Fsp3) is 0.333. The zero-order chi connectivity index (χ0) is 12.5. The second-order valence-electron chi connectivity index (χ2n) is 5.00. The van der Waals surface area contributed by atoms with Crippen LogP contribution < -0.4 is 5.32 Å². The third kappa shape index (κ3) is 2.35. The van der Waals surface area contributed by atoms with Crippen molar-refractivity contribution in [3.63, 3.8) is 0 Å². The van der Waals surface area contributed by atoms with Gasteiger partial charge in [-0.25, -0.2) is 9.97 Å². The predicted octanol–water partition coefficient (Wildman–Crippen LogP) is 3.33. The third-order valence-electron chi connectivity index (χ3n) is 3.22. The molecule has 1 aromatic heterocycles. The second-order valence-corrected chi connectivity index (χ2v) is 5.00. The van der Waals surface area contributed by atoms with Crippen molar-refractivity contribution in [3.8, 4) is 11.3 Å². The molecule has 3 rings (SSSR count). The molecular weight excluding hydrogens is 222 g/mol. The normalized spacial score (nSPS) is 14.6. The molecule has 0 atom stereocenters. The van der Waals surface area contributed by atoms with Gasteiger partial charge in [-0.1, -0.05) is 23.8 Å². The van der Waals surface area contributed by atoms with Gasteiger partial charge in [0.05, 0.1) is 5.69 Å². The van der Waals surface area contributed by atoms with Gasteiger partial charge in [-0.3, -0.25) is 0 Å². The zero-order valence-electron chi connectivity index (χ0n) is 10.8. The summed E-state index contributed by atoms with van der Waals surface area (Å²) in [6.45, 7) is 4.23. The van der Waals surface area contributed by atoms with Crippen LogP contribution in [0.15, 0.2) is 30.5 Å². The van der Waals surface area contributed by atoms with Crippen LogP contribution in [0.2, 0.25) is 0 Å². The summed E-state index contributed by atoms with van der Waals surface area (Å²) in [7, 11) is 0. The van der Waals surface area contributed by atoms with Crippen molar-refractivity contribution in [1.82, 2.24) is 9.97 Å². The average Bonchev–Trinajstić information content (AvgIpc) is 3.13. The van der Waals surface area contributed by atoms with Gasteiger partial charge < -0.3 is 5.32 Å². The van der Waals surface area contributed by atoms with Gasteiger partial charge in [0.15, 0.2) is 0 Å². The topological polar surface area (TPSA) is 37.8 Å². The first kappa shape index (κ1) is 11.2. The van der Waals surface area contributed by atoms with E-state index in [-0.39, 0.29) is 0 Å². The fourth-order valence-electron chi connectivity index (χ4n) is 2.09. The van der Waals surface area contributed by atoms with Crippen molar-refractivity contribution >= 4 is 5.95 Å². The average molecular weight is 239 g/mol. The van der Waals surface area contributed by atoms with Crippen LogP contribution in [0, 0.1) is 13.8 Å². The maximum Gasteiger partial charge on any atom is 0.223 e. The number of anilines is 1. The van der Waals surface area contributed by atoms with Crippen molar-refractivity contribution in [2.24, 2.45) is 0 Å². The lowest BCUT2D eigenvalue weighted by Gasteiger charge is -2.08. The summed E-state index contributed by atoms with van der Waals surface area (Å²) in [4.78, 5) is 8.86. The molecule has 0 radical (unpaired) electrons. The molecule has 1 N–H and O–H groups in total. The molecule has 0 amide bonds. The number of hydrogen-bond donors (Lipinski definition) is 1. The zero-order valence-corrected chi connectivity index (χ0v) is 10.8. The summed E-state index contributed by atoms with van der Waals surface area (Å²) < 4.78 is 0. The van der Waals surface area contributed by atoms with Crippen LogP contribution in [-0.4, -0.2) is 16.0 Å². The molecule has 18 heavy (non-hydrogen) atoms. The molecule has 1 heterocycles. The Morgan fingerprint density at radius 1 is 1.17 bits per heavy atom. The Bertz CT molecular complexity index is 574. The van der Waals surface area contributed by atoms with E-state index in [1.54, 1.807) is 0 Å². The molecule has 3 nitrogen and oxygen atoms in total. The smallest absolute Gasteiger partial charge is 0.223 e. The molecule has 0 saturated heterocycles. The van der Waals surface area contributed by atoms with Gasteiger partial charge in [-0.05, 0) is 38.3 Å². The predicted molar refractivity (Wildman–Crippen MR) is 73.6 cm³/mol. The second kappa shape index (κ2) is 4.41. The number of nitrogens with one attached hydrogen (secondary N) is 1. The molecule has 1 aliphatic carbocycles. The van der Waals surface area contributed by atoms with E-state index < -0.39 is 0 Å². The van der Waals surface area contributed by atoms with Crippen LogP contribution in [0.1, 0.15) is 24.0 Å². The Balaban J connectivity index is 1.94. The largest absolute Gasteiger partial charge is 0.351 e. The summed E-state index contributed by atoms with van der Waals surface area (Å²) in [5.41, 5.74) is 4.71. The van der Waals surface area contributed by atoms with Crippen molar-refractivity contribution in [1.29, 1.82) is 0 Å². The maximum absolute atomic E-state index is 4.59. The van der Waals surface area contributed by atoms with Crippen molar-refractivity contribution in [3.05, 3.63) is 41.6 Å². The molecule has 0 bridgehead atoms. The Kier molecular flexibility index (Phi) is 2.74. The number of aryl methyl sites for hydroxylation is 2. The Labute approximate surface area is 107 Å². The maximum atomic E-state index is 4.59. The van der Waals surface area contributed by atoms with E-state index in [0.29, 0.717) is 6.04 Å². The summed E-state index contributed by atoms with van der Waals surface area (Å²) in [5.74, 6) is 0.745. The van der Waals surface area contributed by atoms with E-state index in [4.69, 9.17) is 0 Å². The van der Waals surface area contributed by atoms with Crippen molar-refractivity contribution in [2.75, 3.05) is 5.32 Å². The molecular formula is C15H17N3. The van der Waals surface area contributed by atoms with Gasteiger partial charge in [0, 0.05) is 17.8 Å². The summed E-state index contributed by atoms with van der Waals surface area (Å²) in [5, 5.41) is 3.33. The van der Waals surface area contributed by atoms with Gasteiger partial charge in [0.25, 0.3) is 0 Å². The van der Waals surface area contributed by atoms with Crippen LogP contribution in [0.25, 0.3) is 11.3 Å². The van der Waals surface area contributed by atoms with E-state index in [2.05, 4.69) is 47.3 Å². The lowest BCUT2D eigenvalue weighted by atomic mass is 10.0. The number of nitrogens with zero attached hydrogens (tertiary/aromatic N) is 2. The van der Waals surface area contributed by atoms with Gasteiger partial charge in [0.1, 0.15) is 0 Å². The highest BCUT2D eigenvalue weighted by Crippen LogP contribution is 2.25. The number of aromatic nitrogens is 2. The first-order chi connectivity index (χ1) is 8.72. The monoisotopic (exact) mass is 239 g/mol. The van der Waals surface area contributed by atoms with Gasteiger partial charge in [-0.15, -0.1) is 0 Å². The lowest BCUT2D eigenvalue weighted by molar-refractivity contribution is 1.05. The summed E-state index contributed by atoms with van der Waals surface area (Å²) in [6, 6.07) is 8.99. The van der Waals surface area contributed by atoms with Gasteiger partial charge in [-0.2, -0.15) is 0 Å². The van der Waals surface area contributed by atoms with Crippen LogP contribution in [0.4, 0.5) is 5.95 Å². The van der Waals surface area contributed by atoms with E-state index in [1.165, 1.54) is 29.5 Å². The van der Waals surface area contributed by atoms with Crippen LogP contribution in [0.3, 0.4) is 0 Å². The molecule has 0 aliphatic heterocycles. The Morgan fingerprint density at radius 3 is 2.72 bits per heavy atom. The molecule has 2 aromatic rings. The van der Waals surface area contributed by atoms with E-state index >= 15 is 0 Å². The van der Waals surface area contributed by atoms with Crippen molar-refractivity contribution < 1.29 is 0 Å². The van der Waals surface area contributed by atoms with Crippen LogP contribution in [0.5, 0.6) is 0 Å². The minimum atomic E-state index is 0.583. The van der Waals surface area contributed by atoms with E-state index in [1.807, 2.05) is 12.3 Å². The number of benzene rings is 1. The van der Waals surface area contributed by atoms with Gasteiger partial charge >= 0.3 is 0 Å². The highest BCUT2D eigenvalue weighted by atomic mass is 15.1. The van der Waals surface area contributed by atoms with Crippen LogP contribution in [-0.2, 0) is 0 Å². The molecule has 3 heteroatoms. The highest BCUT2D eigenvalue weighted by molar-refractivity contribution is 5.64. The molecule has 0 spiro atoms. The first-order valence-corrected chi connectivity index (χ1v) is 6.39. The number of rotatable bonds is 3.